The molecular weight excluding hydrogens is 530 g/mol. The fourth-order valence-corrected chi connectivity index (χ4v) is 5.76. The van der Waals surface area contributed by atoms with Crippen LogP contribution in [0, 0.1) is 6.92 Å². The number of hydrogen-bond acceptors (Lipinski definition) is 6. The van der Waals surface area contributed by atoms with E-state index >= 15 is 0 Å². The Hall–Kier alpha value is -4.05. The highest BCUT2D eigenvalue weighted by Gasteiger charge is 2.33. The average molecular weight is 568 g/mol. The SMILES string of the molecule is CCNC(=O)[C@@H](CC)N(Cc1ccc(C)cc1)C(=O)CN(c1ccc(OC)c(OC)c1)S(=O)(=O)c1ccccc1. The molecule has 0 heterocycles. The van der Waals surface area contributed by atoms with Crippen LogP contribution in [0.15, 0.2) is 77.7 Å². The number of likely N-dealkylation sites (N-methyl/N-ethyl adjacent to an activating group) is 1. The lowest BCUT2D eigenvalue weighted by Gasteiger charge is -2.33. The Morgan fingerprint density at radius 3 is 2.12 bits per heavy atom. The van der Waals surface area contributed by atoms with E-state index in [1.54, 1.807) is 30.3 Å². The minimum atomic E-state index is -4.18. The highest BCUT2D eigenvalue weighted by molar-refractivity contribution is 7.92. The van der Waals surface area contributed by atoms with Gasteiger partial charge in [-0.05, 0) is 50.1 Å². The van der Waals surface area contributed by atoms with Crippen molar-refractivity contribution in [3.63, 3.8) is 0 Å². The summed E-state index contributed by atoms with van der Waals surface area (Å²) < 4.78 is 39.6. The number of carbonyl (C=O) groups is 2. The van der Waals surface area contributed by atoms with Crippen molar-refractivity contribution < 1.29 is 27.5 Å². The molecule has 10 heteroatoms. The first-order valence-electron chi connectivity index (χ1n) is 13.1. The number of nitrogens with zero attached hydrogens (tertiary/aromatic N) is 2. The van der Waals surface area contributed by atoms with Gasteiger partial charge in [0.15, 0.2) is 11.5 Å². The largest absolute Gasteiger partial charge is 0.493 e. The Kier molecular flexibility index (Phi) is 10.6. The molecule has 3 aromatic carbocycles. The molecule has 0 unspecified atom stereocenters. The van der Waals surface area contributed by atoms with Crippen molar-refractivity contribution in [2.45, 2.75) is 44.7 Å². The van der Waals surface area contributed by atoms with E-state index < -0.39 is 28.5 Å². The molecule has 0 spiro atoms. The minimum Gasteiger partial charge on any atom is -0.493 e. The summed E-state index contributed by atoms with van der Waals surface area (Å²) in [5.74, 6) is -0.0917. The van der Waals surface area contributed by atoms with Crippen molar-refractivity contribution in [2.24, 2.45) is 0 Å². The van der Waals surface area contributed by atoms with Crippen LogP contribution in [0.5, 0.6) is 11.5 Å². The molecule has 1 atom stereocenters. The quantitative estimate of drug-likeness (QED) is 0.333. The van der Waals surface area contributed by atoms with E-state index in [2.05, 4.69) is 5.32 Å². The highest BCUT2D eigenvalue weighted by atomic mass is 32.2. The molecule has 1 N–H and O–H groups in total. The Morgan fingerprint density at radius 2 is 1.55 bits per heavy atom. The van der Waals surface area contributed by atoms with Crippen LogP contribution in [0.2, 0.25) is 0 Å². The average Bonchev–Trinajstić information content (AvgIpc) is 2.96. The predicted molar refractivity (Wildman–Crippen MR) is 155 cm³/mol. The molecule has 2 amide bonds. The van der Waals surface area contributed by atoms with E-state index in [1.165, 1.54) is 37.3 Å². The predicted octanol–water partition coefficient (Wildman–Crippen LogP) is 4.15. The molecule has 3 rings (SSSR count). The molecule has 0 aliphatic heterocycles. The van der Waals surface area contributed by atoms with Gasteiger partial charge in [-0.25, -0.2) is 8.42 Å². The van der Waals surface area contributed by atoms with Gasteiger partial charge in [0.05, 0.1) is 24.8 Å². The molecule has 3 aromatic rings. The summed E-state index contributed by atoms with van der Waals surface area (Å²) in [6, 6.07) is 19.4. The van der Waals surface area contributed by atoms with Gasteiger partial charge < -0.3 is 19.7 Å². The summed E-state index contributed by atoms with van der Waals surface area (Å²) in [6.45, 7) is 5.60. The van der Waals surface area contributed by atoms with Gasteiger partial charge in [0.2, 0.25) is 11.8 Å². The van der Waals surface area contributed by atoms with Crippen LogP contribution in [0.4, 0.5) is 5.69 Å². The number of amides is 2. The Bertz CT molecular complexity index is 1390. The van der Waals surface area contributed by atoms with Gasteiger partial charge in [-0.1, -0.05) is 55.0 Å². The second kappa shape index (κ2) is 13.8. The molecule has 0 saturated heterocycles. The molecule has 0 aromatic heterocycles. The van der Waals surface area contributed by atoms with Gasteiger partial charge in [-0.3, -0.25) is 13.9 Å². The summed E-state index contributed by atoms with van der Waals surface area (Å²) in [7, 11) is -1.25. The van der Waals surface area contributed by atoms with Gasteiger partial charge in [-0.15, -0.1) is 0 Å². The summed E-state index contributed by atoms with van der Waals surface area (Å²) >= 11 is 0. The van der Waals surface area contributed by atoms with E-state index in [1.807, 2.05) is 45.0 Å². The van der Waals surface area contributed by atoms with Gasteiger partial charge in [0, 0.05) is 19.2 Å². The highest BCUT2D eigenvalue weighted by Crippen LogP contribution is 2.34. The molecule has 40 heavy (non-hydrogen) atoms. The van der Waals surface area contributed by atoms with E-state index in [0.29, 0.717) is 24.5 Å². The van der Waals surface area contributed by atoms with Crippen molar-refractivity contribution in [2.75, 3.05) is 31.6 Å². The van der Waals surface area contributed by atoms with Crippen molar-refractivity contribution in [1.82, 2.24) is 10.2 Å². The van der Waals surface area contributed by atoms with Gasteiger partial charge in [0.1, 0.15) is 12.6 Å². The van der Waals surface area contributed by atoms with Crippen molar-refractivity contribution in [3.8, 4) is 11.5 Å². The van der Waals surface area contributed by atoms with Crippen LogP contribution in [-0.4, -0.2) is 58.5 Å². The van der Waals surface area contributed by atoms with Crippen LogP contribution in [0.25, 0.3) is 0 Å². The van der Waals surface area contributed by atoms with Crippen LogP contribution in [-0.2, 0) is 26.2 Å². The number of ether oxygens (including phenoxy) is 2. The standard InChI is InChI=1S/C30H37N3O6S/c1-6-26(30(35)31-7-2)32(20-23-15-13-22(3)14-16-23)29(34)21-33(40(36,37)25-11-9-8-10-12-25)24-17-18-27(38-4)28(19-24)39-5/h8-19,26H,6-7,20-21H2,1-5H3,(H,31,35)/t26-/m1/s1. The Balaban J connectivity index is 2.10. The van der Waals surface area contributed by atoms with Gasteiger partial charge in [0.25, 0.3) is 10.0 Å². The number of aryl methyl sites for hydroxylation is 1. The molecule has 0 radical (unpaired) electrons. The maximum atomic E-state index is 14.0. The lowest BCUT2D eigenvalue weighted by atomic mass is 10.1. The fraction of sp³-hybridized carbons (Fsp3) is 0.333. The fourth-order valence-electron chi connectivity index (χ4n) is 4.33. The number of carbonyl (C=O) groups excluding carboxylic acids is 2. The third-order valence-electron chi connectivity index (χ3n) is 6.48. The molecule has 0 bridgehead atoms. The lowest BCUT2D eigenvalue weighted by Crippen LogP contribution is -2.52. The van der Waals surface area contributed by atoms with Crippen LogP contribution in [0.3, 0.4) is 0 Å². The third kappa shape index (κ3) is 7.12. The number of benzene rings is 3. The monoisotopic (exact) mass is 567 g/mol. The third-order valence-corrected chi connectivity index (χ3v) is 8.26. The summed E-state index contributed by atoms with van der Waals surface area (Å²) in [4.78, 5) is 28.5. The van der Waals surface area contributed by atoms with Gasteiger partial charge >= 0.3 is 0 Å². The molecule has 214 valence electrons. The summed E-state index contributed by atoms with van der Waals surface area (Å²) in [5.41, 5.74) is 2.10. The minimum absolute atomic E-state index is 0.0263. The summed E-state index contributed by atoms with van der Waals surface area (Å²) in [6.07, 6.45) is 0.352. The van der Waals surface area contributed by atoms with Gasteiger partial charge in [-0.2, -0.15) is 0 Å². The van der Waals surface area contributed by atoms with Crippen LogP contribution < -0.4 is 19.1 Å². The molecule has 9 nitrogen and oxygen atoms in total. The molecule has 0 saturated carbocycles. The van der Waals surface area contributed by atoms with E-state index in [9.17, 15) is 18.0 Å². The number of methoxy groups -OCH3 is 2. The second-order valence-electron chi connectivity index (χ2n) is 9.19. The molecule has 0 aliphatic rings. The normalized spacial score (nSPS) is 11.8. The number of sulfonamides is 1. The van der Waals surface area contributed by atoms with E-state index in [-0.39, 0.29) is 23.0 Å². The second-order valence-corrected chi connectivity index (χ2v) is 11.1. The Labute approximate surface area is 236 Å². The van der Waals surface area contributed by atoms with Crippen molar-refractivity contribution >= 4 is 27.5 Å². The number of anilines is 1. The van der Waals surface area contributed by atoms with Crippen molar-refractivity contribution in [1.29, 1.82) is 0 Å². The summed E-state index contributed by atoms with van der Waals surface area (Å²) in [5, 5.41) is 2.80. The molecular formula is C30H37N3O6S. The number of hydrogen-bond donors (Lipinski definition) is 1. The molecule has 0 aliphatic carbocycles. The van der Waals surface area contributed by atoms with E-state index in [0.717, 1.165) is 15.4 Å². The first-order valence-corrected chi connectivity index (χ1v) is 14.5. The smallest absolute Gasteiger partial charge is 0.264 e. The van der Waals surface area contributed by atoms with E-state index in [4.69, 9.17) is 9.47 Å². The van der Waals surface area contributed by atoms with Crippen LogP contribution in [0.1, 0.15) is 31.4 Å². The Morgan fingerprint density at radius 1 is 0.900 bits per heavy atom. The number of rotatable bonds is 13. The maximum Gasteiger partial charge on any atom is 0.264 e. The zero-order valence-electron chi connectivity index (χ0n) is 23.6. The lowest BCUT2D eigenvalue weighted by molar-refractivity contribution is -0.140. The molecule has 0 fully saturated rings. The zero-order chi connectivity index (χ0) is 29.3. The van der Waals surface area contributed by atoms with Crippen molar-refractivity contribution in [3.05, 3.63) is 83.9 Å². The maximum absolute atomic E-state index is 14.0. The zero-order valence-corrected chi connectivity index (χ0v) is 24.4. The van der Waals surface area contributed by atoms with Crippen LogP contribution >= 0.6 is 0 Å². The number of nitrogens with one attached hydrogen (secondary N) is 1. The first-order chi connectivity index (χ1) is 19.2. The first kappa shape index (κ1) is 30.5. The topological polar surface area (TPSA) is 105 Å².